The summed E-state index contributed by atoms with van der Waals surface area (Å²) in [6.45, 7) is 10.6. The van der Waals surface area contributed by atoms with Gasteiger partial charge in [-0.05, 0) is 56.6 Å². The largest absolute Gasteiger partial charge is 0.443 e. The Hall–Kier alpha value is -1.55. The van der Waals surface area contributed by atoms with Crippen LogP contribution in [0, 0.1) is 5.41 Å². The van der Waals surface area contributed by atoms with Crippen molar-refractivity contribution >= 4 is 11.8 Å². The van der Waals surface area contributed by atoms with E-state index in [1.54, 1.807) is 4.90 Å². The number of nitrogens with one attached hydrogen (secondary N) is 1. The summed E-state index contributed by atoms with van der Waals surface area (Å²) in [6.07, 6.45) is 3.30. The Labute approximate surface area is 139 Å². The van der Waals surface area contributed by atoms with E-state index < -0.39 is 5.60 Å². The summed E-state index contributed by atoms with van der Waals surface area (Å²) >= 11 is 0. The first kappa shape index (κ1) is 16.3. The zero-order valence-corrected chi connectivity index (χ0v) is 14.7. The van der Waals surface area contributed by atoms with Crippen LogP contribution in [0.15, 0.2) is 18.2 Å². The van der Waals surface area contributed by atoms with Gasteiger partial charge in [0.1, 0.15) is 5.60 Å². The Kier molecular flexibility index (Phi) is 4.13. The van der Waals surface area contributed by atoms with Gasteiger partial charge in [-0.25, -0.2) is 4.79 Å². The number of para-hydroxylation sites is 1. The molecule has 4 heteroatoms. The Bertz CT molecular complexity index is 600. The molecule has 0 atom stereocenters. The molecule has 4 nitrogen and oxygen atoms in total. The minimum atomic E-state index is -0.465. The molecule has 0 radical (unpaired) electrons. The molecule has 23 heavy (non-hydrogen) atoms. The molecular formula is C19H28N2O2. The van der Waals surface area contributed by atoms with Crippen molar-refractivity contribution in [2.75, 3.05) is 18.0 Å². The molecule has 1 aromatic carbocycles. The third-order valence-electron chi connectivity index (χ3n) is 4.66. The minimum absolute atomic E-state index is 0.238. The summed E-state index contributed by atoms with van der Waals surface area (Å²) in [5, 5.41) is 3.56. The van der Waals surface area contributed by atoms with Gasteiger partial charge in [0.2, 0.25) is 0 Å². The van der Waals surface area contributed by atoms with Crippen molar-refractivity contribution in [2.24, 2.45) is 5.41 Å². The predicted molar refractivity (Wildman–Crippen MR) is 92.8 cm³/mol. The fourth-order valence-electron chi connectivity index (χ4n) is 3.07. The number of carbonyl (C=O) groups is 1. The molecule has 0 aromatic heterocycles. The van der Waals surface area contributed by atoms with Gasteiger partial charge in [0.25, 0.3) is 0 Å². The van der Waals surface area contributed by atoms with Gasteiger partial charge in [-0.15, -0.1) is 0 Å². The molecule has 1 fully saturated rings. The number of amides is 1. The van der Waals surface area contributed by atoms with Gasteiger partial charge >= 0.3 is 6.09 Å². The number of hydrogen-bond acceptors (Lipinski definition) is 3. The number of benzene rings is 1. The van der Waals surface area contributed by atoms with Crippen LogP contribution in [0.2, 0.25) is 0 Å². The van der Waals surface area contributed by atoms with Crippen LogP contribution >= 0.6 is 0 Å². The second-order valence-corrected chi connectivity index (χ2v) is 8.22. The summed E-state index contributed by atoms with van der Waals surface area (Å²) in [5.74, 6) is 0. The third-order valence-corrected chi connectivity index (χ3v) is 4.66. The SMILES string of the molecule is CC1(CNCc2cccc3c2N(C(=O)OC(C)(C)C)CC3)CC1. The number of anilines is 1. The van der Waals surface area contributed by atoms with E-state index in [1.165, 1.54) is 24.0 Å². The molecule has 3 rings (SSSR count). The number of ether oxygens (including phenoxy) is 1. The Balaban J connectivity index is 1.73. The number of nitrogens with zero attached hydrogens (tertiary/aromatic N) is 1. The quantitative estimate of drug-likeness (QED) is 0.916. The summed E-state index contributed by atoms with van der Waals surface area (Å²) in [7, 11) is 0. The molecule has 0 saturated heterocycles. The number of fused-ring (bicyclic) bond motifs is 1. The lowest BCUT2D eigenvalue weighted by molar-refractivity contribution is 0.0583. The Morgan fingerprint density at radius 1 is 1.35 bits per heavy atom. The van der Waals surface area contributed by atoms with E-state index in [0.29, 0.717) is 12.0 Å². The van der Waals surface area contributed by atoms with E-state index in [9.17, 15) is 4.79 Å². The second kappa shape index (κ2) is 5.82. The Morgan fingerprint density at radius 2 is 2.09 bits per heavy atom. The van der Waals surface area contributed by atoms with Crippen molar-refractivity contribution in [3.63, 3.8) is 0 Å². The zero-order chi connectivity index (χ0) is 16.7. The lowest BCUT2D eigenvalue weighted by Crippen LogP contribution is -2.36. The summed E-state index contributed by atoms with van der Waals surface area (Å²) in [6, 6.07) is 6.32. The van der Waals surface area contributed by atoms with Crippen LogP contribution in [0.3, 0.4) is 0 Å². The van der Waals surface area contributed by atoms with Crippen LogP contribution in [-0.2, 0) is 17.7 Å². The van der Waals surface area contributed by atoms with Gasteiger partial charge in [-0.3, -0.25) is 4.90 Å². The van der Waals surface area contributed by atoms with E-state index >= 15 is 0 Å². The molecule has 1 N–H and O–H groups in total. The Morgan fingerprint density at radius 3 is 2.74 bits per heavy atom. The van der Waals surface area contributed by atoms with Crippen molar-refractivity contribution in [2.45, 2.75) is 59.1 Å². The van der Waals surface area contributed by atoms with Crippen molar-refractivity contribution < 1.29 is 9.53 Å². The zero-order valence-electron chi connectivity index (χ0n) is 14.7. The van der Waals surface area contributed by atoms with Crippen LogP contribution < -0.4 is 10.2 Å². The maximum atomic E-state index is 12.5. The monoisotopic (exact) mass is 316 g/mol. The average Bonchev–Trinajstić information content (AvgIpc) is 3.01. The lowest BCUT2D eigenvalue weighted by Gasteiger charge is -2.26. The highest BCUT2D eigenvalue weighted by Crippen LogP contribution is 2.44. The standard InChI is InChI=1S/C19H28N2O2/c1-18(2,3)23-17(22)21-11-8-14-6-5-7-15(16(14)21)12-20-13-19(4)9-10-19/h5-7,20H,8-13H2,1-4H3. The predicted octanol–water partition coefficient (Wildman–Crippen LogP) is 3.87. The van der Waals surface area contributed by atoms with E-state index in [-0.39, 0.29) is 6.09 Å². The molecule has 2 aliphatic rings. The van der Waals surface area contributed by atoms with E-state index in [4.69, 9.17) is 4.74 Å². The smallest absolute Gasteiger partial charge is 0.414 e. The fourth-order valence-corrected chi connectivity index (χ4v) is 3.07. The molecule has 0 unspecified atom stereocenters. The first-order valence-corrected chi connectivity index (χ1v) is 8.59. The highest BCUT2D eigenvalue weighted by atomic mass is 16.6. The molecule has 0 bridgehead atoms. The average molecular weight is 316 g/mol. The molecular weight excluding hydrogens is 288 g/mol. The van der Waals surface area contributed by atoms with E-state index in [0.717, 1.165) is 25.2 Å². The van der Waals surface area contributed by atoms with E-state index in [2.05, 4.69) is 30.4 Å². The van der Waals surface area contributed by atoms with Gasteiger partial charge in [0.05, 0.1) is 5.69 Å². The maximum absolute atomic E-state index is 12.5. The van der Waals surface area contributed by atoms with Crippen LogP contribution in [0.5, 0.6) is 0 Å². The summed E-state index contributed by atoms with van der Waals surface area (Å²) in [5.41, 5.74) is 3.51. The minimum Gasteiger partial charge on any atom is -0.443 e. The van der Waals surface area contributed by atoms with Gasteiger partial charge < -0.3 is 10.1 Å². The molecule has 1 amide bonds. The first-order chi connectivity index (χ1) is 10.8. The van der Waals surface area contributed by atoms with Crippen LogP contribution in [-0.4, -0.2) is 24.8 Å². The summed E-state index contributed by atoms with van der Waals surface area (Å²) in [4.78, 5) is 14.3. The van der Waals surface area contributed by atoms with Crippen LogP contribution in [0.25, 0.3) is 0 Å². The third kappa shape index (κ3) is 3.86. The van der Waals surface area contributed by atoms with Crippen molar-refractivity contribution in [3.05, 3.63) is 29.3 Å². The normalized spacial score (nSPS) is 18.7. The maximum Gasteiger partial charge on any atom is 0.414 e. The molecule has 0 spiro atoms. The van der Waals surface area contributed by atoms with Crippen LogP contribution in [0.4, 0.5) is 10.5 Å². The molecule has 1 heterocycles. The highest BCUT2D eigenvalue weighted by Gasteiger charge is 2.36. The van der Waals surface area contributed by atoms with Crippen molar-refractivity contribution in [3.8, 4) is 0 Å². The number of carbonyl (C=O) groups excluding carboxylic acids is 1. The molecule has 1 saturated carbocycles. The molecule has 1 aromatic rings. The van der Waals surface area contributed by atoms with Crippen molar-refractivity contribution in [1.29, 1.82) is 0 Å². The first-order valence-electron chi connectivity index (χ1n) is 8.59. The highest BCUT2D eigenvalue weighted by molar-refractivity contribution is 5.91. The summed E-state index contributed by atoms with van der Waals surface area (Å²) < 4.78 is 5.57. The fraction of sp³-hybridized carbons (Fsp3) is 0.632. The lowest BCUT2D eigenvalue weighted by atomic mass is 10.1. The van der Waals surface area contributed by atoms with Crippen LogP contribution in [0.1, 0.15) is 51.7 Å². The topological polar surface area (TPSA) is 41.6 Å². The van der Waals surface area contributed by atoms with Gasteiger partial charge in [-0.2, -0.15) is 0 Å². The molecule has 1 aliphatic heterocycles. The second-order valence-electron chi connectivity index (χ2n) is 8.22. The van der Waals surface area contributed by atoms with Crippen molar-refractivity contribution in [1.82, 2.24) is 5.32 Å². The van der Waals surface area contributed by atoms with Gasteiger partial charge in [-0.1, -0.05) is 25.1 Å². The number of rotatable bonds is 4. The van der Waals surface area contributed by atoms with E-state index in [1.807, 2.05) is 20.8 Å². The van der Waals surface area contributed by atoms with Gasteiger partial charge in [0.15, 0.2) is 0 Å². The molecule has 126 valence electrons. The molecule has 1 aliphatic carbocycles. The number of hydrogen-bond donors (Lipinski definition) is 1. The van der Waals surface area contributed by atoms with Gasteiger partial charge in [0, 0.05) is 19.6 Å².